The molecule has 2 heterocycles. The van der Waals surface area contributed by atoms with Crippen molar-refractivity contribution in [1.29, 1.82) is 0 Å². The Morgan fingerprint density at radius 2 is 2.06 bits per heavy atom. The van der Waals surface area contributed by atoms with E-state index in [-0.39, 0.29) is 29.3 Å². The Balaban J connectivity index is 1.77. The summed E-state index contributed by atoms with van der Waals surface area (Å²) in [6, 6.07) is 5.38. The molecule has 9 heteroatoms. The highest BCUT2D eigenvalue weighted by Gasteiger charge is 2.24. The lowest BCUT2D eigenvalue weighted by atomic mass is 9.87. The number of hydrogen-bond donors (Lipinski definition) is 1. The third-order valence-corrected chi connectivity index (χ3v) is 6.52. The average Bonchev–Trinajstić information content (AvgIpc) is 3.19. The monoisotopic (exact) mass is 457 g/mol. The van der Waals surface area contributed by atoms with Crippen LogP contribution in [-0.4, -0.2) is 28.3 Å². The third kappa shape index (κ3) is 4.57. The molecule has 1 fully saturated rings. The highest BCUT2D eigenvalue weighted by Crippen LogP contribution is 2.32. The molecule has 0 bridgehead atoms. The van der Waals surface area contributed by atoms with E-state index in [0.29, 0.717) is 22.7 Å². The third-order valence-electron chi connectivity index (χ3n) is 5.63. The van der Waals surface area contributed by atoms with Crippen LogP contribution in [0.4, 0.5) is 9.39 Å². The van der Waals surface area contributed by atoms with E-state index in [1.54, 1.807) is 12.3 Å². The van der Waals surface area contributed by atoms with Gasteiger partial charge in [-0.1, -0.05) is 25.3 Å². The van der Waals surface area contributed by atoms with Gasteiger partial charge in [-0.15, -0.1) is 11.3 Å². The first-order chi connectivity index (χ1) is 15.5. The van der Waals surface area contributed by atoms with Crippen molar-refractivity contribution in [2.75, 3.05) is 11.9 Å². The summed E-state index contributed by atoms with van der Waals surface area (Å²) >= 11 is 1.16. The molecule has 3 aromatic rings. The van der Waals surface area contributed by atoms with Gasteiger partial charge in [0.05, 0.1) is 17.7 Å². The van der Waals surface area contributed by atoms with E-state index in [4.69, 9.17) is 4.74 Å². The van der Waals surface area contributed by atoms with Gasteiger partial charge in [0, 0.05) is 17.2 Å². The van der Waals surface area contributed by atoms with Crippen molar-refractivity contribution in [3.63, 3.8) is 0 Å². The molecule has 1 N–H and O–H groups in total. The Labute approximate surface area is 188 Å². The first kappa shape index (κ1) is 22.1. The molecule has 1 aliphatic carbocycles. The predicted octanol–water partition coefficient (Wildman–Crippen LogP) is 4.67. The van der Waals surface area contributed by atoms with Gasteiger partial charge in [-0.2, -0.15) is 9.78 Å². The number of aromatic nitrogens is 2. The number of ether oxygens (including phenoxy) is 1. The Kier molecular flexibility index (Phi) is 6.64. The van der Waals surface area contributed by atoms with Crippen molar-refractivity contribution in [1.82, 2.24) is 9.78 Å². The van der Waals surface area contributed by atoms with Crippen LogP contribution in [0, 0.1) is 11.7 Å². The van der Waals surface area contributed by atoms with E-state index < -0.39 is 17.3 Å². The normalized spacial score (nSPS) is 14.4. The number of esters is 1. The summed E-state index contributed by atoms with van der Waals surface area (Å²) in [6.07, 6.45) is 5.92. The maximum absolute atomic E-state index is 13.8. The molecule has 2 aromatic heterocycles. The number of nitrogens with zero attached hydrogens (tertiary/aromatic N) is 2. The minimum atomic E-state index is -0.694. The lowest BCUT2D eigenvalue weighted by Gasteiger charge is -2.20. The smallest absolute Gasteiger partial charge is 0.359 e. The first-order valence-electron chi connectivity index (χ1n) is 10.8. The van der Waals surface area contributed by atoms with Crippen molar-refractivity contribution in [3.8, 4) is 5.69 Å². The quantitative estimate of drug-likeness (QED) is 0.543. The lowest BCUT2D eigenvalue weighted by molar-refractivity contribution is -0.117. The van der Waals surface area contributed by atoms with E-state index >= 15 is 0 Å². The van der Waals surface area contributed by atoms with E-state index in [1.165, 1.54) is 24.6 Å². The largest absolute Gasteiger partial charge is 0.461 e. The molecule has 32 heavy (non-hydrogen) atoms. The summed E-state index contributed by atoms with van der Waals surface area (Å²) in [5, 5.41) is 9.46. The van der Waals surface area contributed by atoms with Crippen LogP contribution in [0.3, 0.4) is 0 Å². The Bertz CT molecular complexity index is 1210. The number of thiophene rings is 1. The summed E-state index contributed by atoms with van der Waals surface area (Å²) in [4.78, 5) is 38.5. The SMILES string of the molecule is CCOC(=O)c1nn(-c2cccc(F)c2)c(=O)c2c(NC(=O)CC3CCCCC3)scc12. The van der Waals surface area contributed by atoms with Crippen LogP contribution in [0.1, 0.15) is 55.9 Å². The molecule has 7 nitrogen and oxygen atoms in total. The lowest BCUT2D eigenvalue weighted by Crippen LogP contribution is -2.26. The highest BCUT2D eigenvalue weighted by molar-refractivity contribution is 7.16. The molecule has 4 rings (SSSR count). The summed E-state index contributed by atoms with van der Waals surface area (Å²) in [6.45, 7) is 1.80. The number of benzene rings is 1. The van der Waals surface area contributed by atoms with Crippen molar-refractivity contribution >= 4 is 39.0 Å². The summed E-state index contributed by atoms with van der Waals surface area (Å²) in [5.41, 5.74) is -0.435. The zero-order chi connectivity index (χ0) is 22.7. The standard InChI is InChI=1S/C23H24FN3O4S/c1-2-31-23(30)20-17-13-32-21(25-18(28)11-14-7-4-3-5-8-14)19(17)22(29)27(26-20)16-10-6-9-15(24)12-16/h6,9-10,12-14H,2-5,7-8,11H2,1H3,(H,25,28). The van der Waals surface area contributed by atoms with Gasteiger partial charge in [-0.25, -0.2) is 9.18 Å². The van der Waals surface area contributed by atoms with Gasteiger partial charge in [-0.05, 0) is 43.9 Å². The summed E-state index contributed by atoms with van der Waals surface area (Å²) in [7, 11) is 0. The molecule has 0 atom stereocenters. The maximum Gasteiger partial charge on any atom is 0.359 e. The minimum absolute atomic E-state index is 0.0604. The number of fused-ring (bicyclic) bond motifs is 1. The molecule has 1 saturated carbocycles. The number of amides is 1. The second kappa shape index (κ2) is 9.60. The molecule has 0 saturated heterocycles. The number of rotatable bonds is 6. The van der Waals surface area contributed by atoms with Gasteiger partial charge < -0.3 is 10.1 Å². The van der Waals surface area contributed by atoms with Gasteiger partial charge in [0.15, 0.2) is 5.69 Å². The van der Waals surface area contributed by atoms with Crippen molar-refractivity contribution in [2.45, 2.75) is 45.4 Å². The molecular weight excluding hydrogens is 433 g/mol. The van der Waals surface area contributed by atoms with Gasteiger partial charge in [-0.3, -0.25) is 9.59 Å². The van der Waals surface area contributed by atoms with Crippen LogP contribution < -0.4 is 10.9 Å². The number of carbonyl (C=O) groups excluding carboxylic acids is 2. The fourth-order valence-electron chi connectivity index (χ4n) is 4.11. The van der Waals surface area contributed by atoms with Gasteiger partial charge in [0.1, 0.15) is 10.8 Å². The van der Waals surface area contributed by atoms with Crippen molar-refractivity contribution < 1.29 is 18.7 Å². The van der Waals surface area contributed by atoms with Crippen LogP contribution >= 0.6 is 11.3 Å². The van der Waals surface area contributed by atoms with Gasteiger partial charge >= 0.3 is 5.97 Å². The first-order valence-corrected chi connectivity index (χ1v) is 11.6. The Hall–Kier alpha value is -3.07. The number of anilines is 1. The topological polar surface area (TPSA) is 90.3 Å². The second-order valence-corrected chi connectivity index (χ2v) is 8.76. The fraction of sp³-hybridized carbons (Fsp3) is 0.391. The van der Waals surface area contributed by atoms with Crippen LogP contribution in [0.15, 0.2) is 34.4 Å². The molecule has 0 aliphatic heterocycles. The van der Waals surface area contributed by atoms with E-state index in [0.717, 1.165) is 47.8 Å². The zero-order valence-electron chi connectivity index (χ0n) is 17.7. The van der Waals surface area contributed by atoms with Crippen LogP contribution in [0.5, 0.6) is 0 Å². The Morgan fingerprint density at radius 1 is 1.28 bits per heavy atom. The van der Waals surface area contributed by atoms with Crippen LogP contribution in [0.2, 0.25) is 0 Å². The predicted molar refractivity (Wildman–Crippen MR) is 121 cm³/mol. The summed E-state index contributed by atoms with van der Waals surface area (Å²) < 4.78 is 19.9. The van der Waals surface area contributed by atoms with E-state index in [2.05, 4.69) is 10.4 Å². The molecule has 1 aromatic carbocycles. The molecule has 0 radical (unpaired) electrons. The molecule has 0 spiro atoms. The fourth-order valence-corrected chi connectivity index (χ4v) is 5.06. The van der Waals surface area contributed by atoms with E-state index in [1.807, 2.05) is 0 Å². The van der Waals surface area contributed by atoms with Gasteiger partial charge in [0.25, 0.3) is 5.56 Å². The zero-order valence-corrected chi connectivity index (χ0v) is 18.5. The van der Waals surface area contributed by atoms with Crippen LogP contribution in [-0.2, 0) is 9.53 Å². The van der Waals surface area contributed by atoms with Crippen LogP contribution in [0.25, 0.3) is 16.5 Å². The van der Waals surface area contributed by atoms with E-state index in [9.17, 15) is 18.8 Å². The highest BCUT2D eigenvalue weighted by atomic mass is 32.1. The molecule has 1 amide bonds. The van der Waals surface area contributed by atoms with Crippen molar-refractivity contribution in [3.05, 3.63) is 51.5 Å². The number of nitrogens with one attached hydrogen (secondary N) is 1. The second-order valence-electron chi connectivity index (χ2n) is 7.88. The molecular formula is C23H24FN3O4S. The van der Waals surface area contributed by atoms with Gasteiger partial charge in [0.2, 0.25) is 5.91 Å². The molecule has 1 aliphatic rings. The minimum Gasteiger partial charge on any atom is -0.461 e. The van der Waals surface area contributed by atoms with Crippen molar-refractivity contribution in [2.24, 2.45) is 5.92 Å². The summed E-state index contributed by atoms with van der Waals surface area (Å²) in [5.74, 6) is -1.05. The number of carbonyl (C=O) groups is 2. The number of halogens is 1. The molecule has 168 valence electrons. The average molecular weight is 458 g/mol. The molecule has 0 unspecified atom stereocenters. The Morgan fingerprint density at radius 3 is 2.78 bits per heavy atom. The maximum atomic E-state index is 13.8. The number of hydrogen-bond acceptors (Lipinski definition) is 6.